The largest absolute Gasteiger partial charge is 0.478 e. The van der Waals surface area contributed by atoms with Gasteiger partial charge in [-0.05, 0) is 24.2 Å². The van der Waals surface area contributed by atoms with E-state index in [1.54, 1.807) is 6.92 Å². The highest BCUT2D eigenvalue weighted by molar-refractivity contribution is 5.94. The molecule has 0 aliphatic carbocycles. The van der Waals surface area contributed by atoms with Crippen LogP contribution in [0.2, 0.25) is 0 Å². The number of hydrogen-bond acceptors (Lipinski definition) is 6. The third-order valence-electron chi connectivity index (χ3n) is 2.40. The molecule has 0 aromatic carbocycles. The standard InChI is InChI=1S/C11H9N3O5/c1-2-19-11(17)8-9(13-18)14-4-3-6(10(15)16)5-7(14)12-8/h3-5H,2H2,1H3,(H,15,16). The molecular formula is C11H9N3O5. The molecule has 0 fully saturated rings. The first-order valence-electron chi connectivity index (χ1n) is 5.34. The van der Waals surface area contributed by atoms with Gasteiger partial charge in [0, 0.05) is 6.20 Å². The summed E-state index contributed by atoms with van der Waals surface area (Å²) >= 11 is 0. The third kappa shape index (κ3) is 2.15. The zero-order chi connectivity index (χ0) is 14.0. The molecule has 8 heteroatoms. The molecule has 0 amide bonds. The van der Waals surface area contributed by atoms with Gasteiger partial charge in [0.05, 0.1) is 12.2 Å². The van der Waals surface area contributed by atoms with Crippen LogP contribution in [0.25, 0.3) is 5.65 Å². The summed E-state index contributed by atoms with van der Waals surface area (Å²) in [6.45, 7) is 1.75. The van der Waals surface area contributed by atoms with E-state index in [-0.39, 0.29) is 29.3 Å². The Labute approximate surface area is 106 Å². The van der Waals surface area contributed by atoms with E-state index in [2.05, 4.69) is 10.2 Å². The fourth-order valence-corrected chi connectivity index (χ4v) is 1.59. The maximum Gasteiger partial charge on any atom is 0.361 e. The summed E-state index contributed by atoms with van der Waals surface area (Å²) in [6.07, 6.45) is 1.31. The Morgan fingerprint density at radius 2 is 2.26 bits per heavy atom. The van der Waals surface area contributed by atoms with Crippen LogP contribution < -0.4 is 0 Å². The van der Waals surface area contributed by atoms with Gasteiger partial charge in [-0.1, -0.05) is 0 Å². The van der Waals surface area contributed by atoms with Crippen molar-refractivity contribution in [2.75, 3.05) is 6.61 Å². The average molecular weight is 263 g/mol. The van der Waals surface area contributed by atoms with E-state index in [0.29, 0.717) is 0 Å². The van der Waals surface area contributed by atoms with E-state index < -0.39 is 11.9 Å². The Morgan fingerprint density at radius 1 is 1.53 bits per heavy atom. The topological polar surface area (TPSA) is 110 Å². The molecule has 1 N–H and O–H groups in total. The predicted octanol–water partition coefficient (Wildman–Crippen LogP) is 1.61. The zero-order valence-corrected chi connectivity index (χ0v) is 9.86. The summed E-state index contributed by atoms with van der Waals surface area (Å²) in [4.78, 5) is 37.1. The average Bonchev–Trinajstić information content (AvgIpc) is 2.76. The first-order chi connectivity index (χ1) is 9.08. The quantitative estimate of drug-likeness (QED) is 0.662. The number of hydrogen-bond donors (Lipinski definition) is 1. The van der Waals surface area contributed by atoms with Gasteiger partial charge in [0.15, 0.2) is 5.69 Å². The highest BCUT2D eigenvalue weighted by atomic mass is 16.5. The normalized spacial score (nSPS) is 10.4. The second kappa shape index (κ2) is 4.84. The van der Waals surface area contributed by atoms with E-state index in [9.17, 15) is 14.5 Å². The number of carboxylic acid groups (broad SMARTS) is 1. The maximum atomic E-state index is 11.6. The summed E-state index contributed by atoms with van der Waals surface area (Å²) < 4.78 is 5.98. The molecule has 0 spiro atoms. The number of nitrogens with zero attached hydrogens (tertiary/aromatic N) is 3. The predicted molar refractivity (Wildman–Crippen MR) is 63.6 cm³/mol. The number of carbonyl (C=O) groups is 2. The molecular weight excluding hydrogens is 254 g/mol. The molecule has 0 saturated heterocycles. The second-order valence-corrected chi connectivity index (χ2v) is 3.54. The Bertz CT molecular complexity index is 676. The van der Waals surface area contributed by atoms with Crippen LogP contribution in [-0.2, 0) is 4.74 Å². The number of aromatic nitrogens is 2. The Hall–Kier alpha value is -2.77. The second-order valence-electron chi connectivity index (χ2n) is 3.54. The first kappa shape index (κ1) is 12.7. The van der Waals surface area contributed by atoms with Gasteiger partial charge >= 0.3 is 11.9 Å². The van der Waals surface area contributed by atoms with Crippen LogP contribution in [0.3, 0.4) is 0 Å². The van der Waals surface area contributed by atoms with E-state index in [1.165, 1.54) is 22.7 Å². The van der Waals surface area contributed by atoms with Gasteiger partial charge in [0.25, 0.3) is 0 Å². The summed E-state index contributed by atoms with van der Waals surface area (Å²) in [5, 5.41) is 11.6. The molecule has 0 aliphatic rings. The van der Waals surface area contributed by atoms with Gasteiger partial charge in [-0.3, -0.25) is 4.40 Å². The van der Waals surface area contributed by atoms with Crippen molar-refractivity contribution in [3.63, 3.8) is 0 Å². The minimum atomic E-state index is -1.14. The third-order valence-corrected chi connectivity index (χ3v) is 2.40. The minimum absolute atomic E-state index is 0.00893. The number of nitroso groups, excluding NO2 is 1. The Balaban J connectivity index is 2.63. The Kier molecular flexibility index (Phi) is 3.23. The van der Waals surface area contributed by atoms with Crippen molar-refractivity contribution < 1.29 is 19.4 Å². The number of pyridine rings is 1. The number of carbonyl (C=O) groups excluding carboxylic acids is 1. The SMILES string of the molecule is CCOC(=O)c1nc2cc(C(=O)O)ccn2c1N=O. The van der Waals surface area contributed by atoms with Gasteiger partial charge < -0.3 is 9.84 Å². The van der Waals surface area contributed by atoms with Crippen molar-refractivity contribution in [3.8, 4) is 0 Å². The van der Waals surface area contributed by atoms with E-state index in [0.717, 1.165) is 0 Å². The fourth-order valence-electron chi connectivity index (χ4n) is 1.59. The fraction of sp³-hybridized carbons (Fsp3) is 0.182. The Morgan fingerprint density at radius 3 is 2.84 bits per heavy atom. The number of fused-ring (bicyclic) bond motifs is 1. The molecule has 19 heavy (non-hydrogen) atoms. The van der Waals surface area contributed by atoms with Gasteiger partial charge in [-0.25, -0.2) is 14.6 Å². The molecule has 0 saturated carbocycles. The number of aromatic carboxylic acids is 1. The van der Waals surface area contributed by atoms with Crippen LogP contribution in [0.4, 0.5) is 5.82 Å². The van der Waals surface area contributed by atoms with E-state index in [1.807, 2.05) is 0 Å². The van der Waals surface area contributed by atoms with Crippen LogP contribution in [0.5, 0.6) is 0 Å². The minimum Gasteiger partial charge on any atom is -0.478 e. The van der Waals surface area contributed by atoms with Crippen molar-refractivity contribution in [1.29, 1.82) is 0 Å². The lowest BCUT2D eigenvalue weighted by atomic mass is 10.3. The highest BCUT2D eigenvalue weighted by Crippen LogP contribution is 2.22. The van der Waals surface area contributed by atoms with Crippen molar-refractivity contribution in [2.45, 2.75) is 6.92 Å². The summed E-state index contributed by atoms with van der Waals surface area (Å²) in [5.74, 6) is -2.13. The molecule has 0 atom stereocenters. The van der Waals surface area contributed by atoms with Crippen molar-refractivity contribution in [1.82, 2.24) is 9.38 Å². The van der Waals surface area contributed by atoms with E-state index >= 15 is 0 Å². The molecule has 0 radical (unpaired) electrons. The molecule has 0 unspecified atom stereocenters. The number of esters is 1. The highest BCUT2D eigenvalue weighted by Gasteiger charge is 2.21. The molecule has 0 aliphatic heterocycles. The monoisotopic (exact) mass is 263 g/mol. The molecule has 2 heterocycles. The van der Waals surface area contributed by atoms with Gasteiger partial charge in [0.2, 0.25) is 5.82 Å². The van der Waals surface area contributed by atoms with Crippen molar-refractivity contribution in [2.24, 2.45) is 5.18 Å². The van der Waals surface area contributed by atoms with Crippen LogP contribution >= 0.6 is 0 Å². The molecule has 8 nitrogen and oxygen atoms in total. The smallest absolute Gasteiger partial charge is 0.361 e. The lowest BCUT2D eigenvalue weighted by Crippen LogP contribution is -2.05. The van der Waals surface area contributed by atoms with Crippen molar-refractivity contribution >= 4 is 23.4 Å². The van der Waals surface area contributed by atoms with Crippen LogP contribution in [-0.4, -0.2) is 33.0 Å². The molecule has 98 valence electrons. The van der Waals surface area contributed by atoms with Crippen LogP contribution in [0.1, 0.15) is 27.8 Å². The molecule has 2 aromatic rings. The summed E-state index contributed by atoms with van der Waals surface area (Å²) in [6, 6.07) is 2.51. The lowest BCUT2D eigenvalue weighted by molar-refractivity contribution is 0.0521. The summed E-state index contributed by atoms with van der Waals surface area (Å²) in [5.41, 5.74) is -0.109. The number of rotatable bonds is 4. The lowest BCUT2D eigenvalue weighted by Gasteiger charge is -1.97. The van der Waals surface area contributed by atoms with E-state index in [4.69, 9.17) is 9.84 Å². The molecule has 2 aromatic heterocycles. The zero-order valence-electron chi connectivity index (χ0n) is 9.86. The van der Waals surface area contributed by atoms with Gasteiger partial charge in [-0.2, -0.15) is 0 Å². The first-order valence-corrected chi connectivity index (χ1v) is 5.34. The number of carboxylic acids is 1. The van der Waals surface area contributed by atoms with Crippen LogP contribution in [0.15, 0.2) is 23.5 Å². The molecule has 2 rings (SSSR count). The van der Waals surface area contributed by atoms with Crippen molar-refractivity contribution in [3.05, 3.63) is 34.5 Å². The maximum absolute atomic E-state index is 11.6. The van der Waals surface area contributed by atoms with Gasteiger partial charge in [0.1, 0.15) is 5.65 Å². The summed E-state index contributed by atoms with van der Waals surface area (Å²) in [7, 11) is 0. The number of imidazole rings is 1. The number of ether oxygens (including phenoxy) is 1. The van der Waals surface area contributed by atoms with Gasteiger partial charge in [-0.15, -0.1) is 4.91 Å². The molecule has 0 bridgehead atoms. The van der Waals surface area contributed by atoms with Crippen LogP contribution in [0, 0.1) is 4.91 Å².